The van der Waals surface area contributed by atoms with Crippen LogP contribution in [-0.2, 0) is 9.53 Å². The number of ether oxygens (including phenoxy) is 1. The van der Waals surface area contributed by atoms with Crippen LogP contribution in [0.5, 0.6) is 0 Å². The van der Waals surface area contributed by atoms with E-state index in [1.165, 1.54) is 18.4 Å². The van der Waals surface area contributed by atoms with Crippen molar-refractivity contribution in [3.8, 4) is 0 Å². The first-order valence-electron chi connectivity index (χ1n) is 3.28. The van der Waals surface area contributed by atoms with Crippen molar-refractivity contribution in [2.75, 3.05) is 19.0 Å². The van der Waals surface area contributed by atoms with Gasteiger partial charge in [0.05, 0.1) is 15.9 Å². The van der Waals surface area contributed by atoms with Crippen molar-refractivity contribution >= 4 is 38.2 Å². The summed E-state index contributed by atoms with van der Waals surface area (Å²) >= 11 is 4.86. The van der Waals surface area contributed by atoms with Gasteiger partial charge in [0.2, 0.25) is 0 Å². The molecule has 1 heterocycles. The van der Waals surface area contributed by atoms with Crippen molar-refractivity contribution in [3.05, 3.63) is 15.9 Å². The summed E-state index contributed by atoms with van der Waals surface area (Å²) < 4.78 is 5.51. The zero-order valence-electron chi connectivity index (χ0n) is 6.46. The number of methoxy groups -OCH3 is 1. The highest BCUT2D eigenvalue weighted by Crippen LogP contribution is 2.26. The Morgan fingerprint density at radius 3 is 3.00 bits per heavy atom. The molecule has 1 N–H and O–H groups in total. The van der Waals surface area contributed by atoms with Gasteiger partial charge >= 0.3 is 5.97 Å². The van der Waals surface area contributed by atoms with Gasteiger partial charge in [-0.25, -0.2) is 0 Å². The number of rotatable bonds is 3. The van der Waals surface area contributed by atoms with Crippen LogP contribution in [0.2, 0.25) is 0 Å². The number of thiophene rings is 1. The molecule has 0 aliphatic carbocycles. The Hall–Kier alpha value is -0.550. The predicted octanol–water partition coefficient (Wildman–Crippen LogP) is 2.10. The summed E-state index contributed by atoms with van der Waals surface area (Å²) in [5.41, 5.74) is 0. The van der Waals surface area contributed by atoms with Gasteiger partial charge in [0.1, 0.15) is 6.54 Å². The second kappa shape index (κ2) is 4.47. The predicted molar refractivity (Wildman–Crippen MR) is 52.5 cm³/mol. The molecule has 5 heteroatoms. The number of nitrogens with one attached hydrogen (secondary N) is 1. The molecule has 0 unspecified atom stereocenters. The lowest BCUT2D eigenvalue weighted by Crippen LogP contribution is -2.14. The second-order valence-electron chi connectivity index (χ2n) is 2.03. The van der Waals surface area contributed by atoms with Crippen LogP contribution in [0.1, 0.15) is 0 Å². The lowest BCUT2D eigenvalue weighted by Gasteiger charge is -1.99. The molecule has 1 aromatic heterocycles. The fraction of sp³-hybridized carbons (Fsp3) is 0.286. The van der Waals surface area contributed by atoms with Crippen LogP contribution < -0.4 is 5.32 Å². The van der Waals surface area contributed by atoms with Crippen LogP contribution in [0.25, 0.3) is 0 Å². The Bertz CT molecular complexity index is 274. The van der Waals surface area contributed by atoms with Gasteiger partial charge < -0.3 is 10.1 Å². The van der Waals surface area contributed by atoms with E-state index in [9.17, 15) is 4.79 Å². The molecule has 0 aliphatic rings. The lowest BCUT2D eigenvalue weighted by atomic mass is 10.6. The third kappa shape index (κ3) is 2.83. The summed E-state index contributed by atoms with van der Waals surface area (Å²) in [4.78, 5) is 10.7. The molecule has 0 spiro atoms. The highest BCUT2D eigenvalue weighted by atomic mass is 79.9. The number of esters is 1. The molecule has 0 bridgehead atoms. The average molecular weight is 250 g/mol. The minimum absolute atomic E-state index is 0.212. The first-order chi connectivity index (χ1) is 5.72. The maximum atomic E-state index is 10.7. The first-order valence-corrected chi connectivity index (χ1v) is 4.89. The summed E-state index contributed by atoms with van der Waals surface area (Å²) in [6.45, 7) is 0.212. The minimum atomic E-state index is -0.264. The third-order valence-electron chi connectivity index (χ3n) is 1.21. The molecule has 0 radical (unpaired) electrons. The molecule has 0 saturated heterocycles. The van der Waals surface area contributed by atoms with Gasteiger partial charge in [-0.2, -0.15) is 0 Å². The van der Waals surface area contributed by atoms with Crippen LogP contribution in [0.15, 0.2) is 15.9 Å². The van der Waals surface area contributed by atoms with Gasteiger partial charge in [-0.15, -0.1) is 11.3 Å². The van der Waals surface area contributed by atoms with Crippen molar-refractivity contribution in [3.63, 3.8) is 0 Å². The molecular weight excluding hydrogens is 242 g/mol. The molecule has 1 rings (SSSR count). The van der Waals surface area contributed by atoms with E-state index < -0.39 is 0 Å². The molecule has 3 nitrogen and oxygen atoms in total. The molecule has 12 heavy (non-hydrogen) atoms. The van der Waals surface area contributed by atoms with E-state index in [1.54, 1.807) is 0 Å². The van der Waals surface area contributed by atoms with E-state index >= 15 is 0 Å². The molecule has 1 aromatic rings. The summed E-state index contributed by atoms with van der Waals surface area (Å²) in [6, 6.07) is 3.82. The highest BCUT2D eigenvalue weighted by molar-refractivity contribution is 9.11. The van der Waals surface area contributed by atoms with Gasteiger partial charge in [0.15, 0.2) is 0 Å². The summed E-state index contributed by atoms with van der Waals surface area (Å²) in [6.07, 6.45) is 0. The smallest absolute Gasteiger partial charge is 0.325 e. The van der Waals surface area contributed by atoms with E-state index in [0.29, 0.717) is 0 Å². The average Bonchev–Trinajstić information content (AvgIpc) is 2.47. The highest BCUT2D eigenvalue weighted by Gasteiger charge is 2.00. The Kier molecular flexibility index (Phi) is 3.55. The van der Waals surface area contributed by atoms with Crippen molar-refractivity contribution in [1.82, 2.24) is 0 Å². The molecule has 0 amide bonds. The largest absolute Gasteiger partial charge is 0.468 e. The van der Waals surface area contributed by atoms with Gasteiger partial charge in [-0.3, -0.25) is 4.79 Å². The fourth-order valence-electron chi connectivity index (χ4n) is 0.641. The summed E-state index contributed by atoms with van der Waals surface area (Å²) in [5.74, 6) is -0.264. The standard InChI is InChI=1S/C7H8BrNO2S/c1-11-7(10)4-9-6-3-2-5(8)12-6/h2-3,9H,4H2,1H3. The van der Waals surface area contributed by atoms with E-state index in [1.807, 2.05) is 12.1 Å². The molecule has 0 aromatic carbocycles. The van der Waals surface area contributed by atoms with Crippen LogP contribution in [0, 0.1) is 0 Å². The Balaban J connectivity index is 2.38. The number of hydrogen-bond acceptors (Lipinski definition) is 4. The monoisotopic (exact) mass is 249 g/mol. The van der Waals surface area contributed by atoms with Gasteiger partial charge in [0, 0.05) is 0 Å². The van der Waals surface area contributed by atoms with Gasteiger partial charge in [-0.05, 0) is 28.1 Å². The van der Waals surface area contributed by atoms with Gasteiger partial charge in [0.25, 0.3) is 0 Å². The molecule has 0 atom stereocenters. The summed E-state index contributed by atoms with van der Waals surface area (Å²) in [5, 5.41) is 3.88. The maximum absolute atomic E-state index is 10.7. The first kappa shape index (κ1) is 9.54. The number of anilines is 1. The van der Waals surface area contributed by atoms with Crippen LogP contribution in [0.4, 0.5) is 5.00 Å². The Labute approximate surface area is 82.9 Å². The molecule has 0 aliphatic heterocycles. The van der Waals surface area contributed by atoms with Gasteiger partial charge in [-0.1, -0.05) is 0 Å². The lowest BCUT2D eigenvalue weighted by molar-refractivity contribution is -0.138. The Morgan fingerprint density at radius 2 is 2.50 bits per heavy atom. The summed E-state index contributed by atoms with van der Waals surface area (Å²) in [7, 11) is 1.37. The van der Waals surface area contributed by atoms with Crippen molar-refractivity contribution in [2.24, 2.45) is 0 Å². The van der Waals surface area contributed by atoms with Crippen LogP contribution in [-0.4, -0.2) is 19.6 Å². The molecule has 66 valence electrons. The van der Waals surface area contributed by atoms with Crippen LogP contribution in [0.3, 0.4) is 0 Å². The number of halogens is 1. The molecule has 0 saturated carbocycles. The zero-order chi connectivity index (χ0) is 8.97. The van der Waals surface area contributed by atoms with Crippen molar-refractivity contribution in [2.45, 2.75) is 0 Å². The SMILES string of the molecule is COC(=O)CNc1ccc(Br)s1. The fourth-order valence-corrected chi connectivity index (χ4v) is 1.92. The number of hydrogen-bond donors (Lipinski definition) is 1. The van der Waals surface area contributed by atoms with Crippen LogP contribution >= 0.6 is 27.3 Å². The van der Waals surface area contributed by atoms with E-state index in [-0.39, 0.29) is 12.5 Å². The van der Waals surface area contributed by atoms with Crippen molar-refractivity contribution < 1.29 is 9.53 Å². The molecule has 0 fully saturated rings. The van der Waals surface area contributed by atoms with Crippen molar-refractivity contribution in [1.29, 1.82) is 0 Å². The zero-order valence-corrected chi connectivity index (χ0v) is 8.87. The Morgan fingerprint density at radius 1 is 1.75 bits per heavy atom. The maximum Gasteiger partial charge on any atom is 0.325 e. The minimum Gasteiger partial charge on any atom is -0.468 e. The number of carbonyl (C=O) groups excluding carboxylic acids is 1. The quantitative estimate of drug-likeness (QED) is 0.835. The third-order valence-corrected chi connectivity index (χ3v) is 2.79. The normalized spacial score (nSPS) is 9.50. The number of carbonyl (C=O) groups is 1. The molecular formula is C7H8BrNO2S. The second-order valence-corrected chi connectivity index (χ2v) is 4.50. The van der Waals surface area contributed by atoms with E-state index in [2.05, 4.69) is 26.0 Å². The van der Waals surface area contributed by atoms with E-state index in [0.717, 1.165) is 8.79 Å². The topological polar surface area (TPSA) is 38.3 Å². The van der Waals surface area contributed by atoms with E-state index in [4.69, 9.17) is 0 Å².